The molecule has 0 fully saturated rings. The molecule has 31 heavy (non-hydrogen) atoms. The molecule has 0 spiro atoms. The summed E-state index contributed by atoms with van der Waals surface area (Å²) in [5, 5.41) is 14.1. The average molecular weight is 440 g/mol. The van der Waals surface area contributed by atoms with Crippen LogP contribution in [-0.4, -0.2) is 46.0 Å². The van der Waals surface area contributed by atoms with E-state index in [0.717, 1.165) is 16.8 Å². The molecule has 0 saturated carbocycles. The van der Waals surface area contributed by atoms with Crippen LogP contribution in [0.1, 0.15) is 16.7 Å². The average Bonchev–Trinajstić information content (AvgIpc) is 3.19. The predicted octanol–water partition coefficient (Wildman–Crippen LogP) is 3.05. The quantitative estimate of drug-likeness (QED) is 0.524. The maximum atomic E-state index is 12.2. The van der Waals surface area contributed by atoms with Crippen molar-refractivity contribution in [2.45, 2.75) is 25.9 Å². The molecule has 0 saturated heterocycles. The smallest absolute Gasteiger partial charge is 0.243 e. The number of amides is 2. The first-order valence-corrected chi connectivity index (χ1v) is 10.7. The Kier molecular flexibility index (Phi) is 7.30. The Morgan fingerprint density at radius 3 is 2.55 bits per heavy atom. The van der Waals surface area contributed by atoms with Gasteiger partial charge in [0.25, 0.3) is 0 Å². The number of carbonyl (C=O) groups is 2. The Labute approximate surface area is 185 Å². The normalized spacial score (nSPS) is 10.6. The molecule has 0 aliphatic heterocycles. The molecule has 2 amide bonds. The van der Waals surface area contributed by atoms with Gasteiger partial charge in [0.2, 0.25) is 11.8 Å². The molecule has 9 heteroatoms. The van der Waals surface area contributed by atoms with Crippen LogP contribution in [0.5, 0.6) is 5.75 Å². The van der Waals surface area contributed by atoms with Crippen molar-refractivity contribution in [3.63, 3.8) is 0 Å². The van der Waals surface area contributed by atoms with Gasteiger partial charge in [-0.15, -0.1) is 10.2 Å². The SMILES string of the molecule is COc1ccc(C)cc1NC(=O)CNC(=O)CSc1nncn1-c1ccc(C)cc1C. The molecular weight excluding hydrogens is 414 g/mol. The number of benzene rings is 2. The van der Waals surface area contributed by atoms with Gasteiger partial charge in [-0.2, -0.15) is 0 Å². The van der Waals surface area contributed by atoms with Gasteiger partial charge in [0.05, 0.1) is 30.8 Å². The number of nitrogens with one attached hydrogen (secondary N) is 2. The van der Waals surface area contributed by atoms with Crippen molar-refractivity contribution in [1.82, 2.24) is 20.1 Å². The monoisotopic (exact) mass is 439 g/mol. The minimum absolute atomic E-state index is 0.116. The number of rotatable bonds is 8. The first kappa shape index (κ1) is 22.4. The molecule has 2 N–H and O–H groups in total. The predicted molar refractivity (Wildman–Crippen MR) is 121 cm³/mol. The fourth-order valence-corrected chi connectivity index (χ4v) is 3.79. The molecule has 0 radical (unpaired) electrons. The highest BCUT2D eigenvalue weighted by molar-refractivity contribution is 7.99. The Bertz CT molecular complexity index is 1100. The van der Waals surface area contributed by atoms with Crippen molar-refractivity contribution < 1.29 is 14.3 Å². The van der Waals surface area contributed by atoms with E-state index in [9.17, 15) is 9.59 Å². The molecule has 8 nitrogen and oxygen atoms in total. The summed E-state index contributed by atoms with van der Waals surface area (Å²) >= 11 is 1.26. The van der Waals surface area contributed by atoms with Crippen LogP contribution in [-0.2, 0) is 9.59 Å². The summed E-state index contributed by atoms with van der Waals surface area (Å²) in [6.45, 7) is 5.84. The number of anilines is 1. The topological polar surface area (TPSA) is 98.1 Å². The minimum Gasteiger partial charge on any atom is -0.495 e. The summed E-state index contributed by atoms with van der Waals surface area (Å²) in [5.41, 5.74) is 4.78. The molecule has 0 bridgehead atoms. The van der Waals surface area contributed by atoms with E-state index in [1.165, 1.54) is 24.4 Å². The Morgan fingerprint density at radius 2 is 1.81 bits per heavy atom. The lowest BCUT2D eigenvalue weighted by Gasteiger charge is -2.12. The van der Waals surface area contributed by atoms with E-state index in [1.807, 2.05) is 49.6 Å². The number of aryl methyl sites for hydroxylation is 3. The summed E-state index contributed by atoms with van der Waals surface area (Å²) in [5.74, 6) is 0.0729. The van der Waals surface area contributed by atoms with E-state index in [-0.39, 0.29) is 24.1 Å². The fourth-order valence-electron chi connectivity index (χ4n) is 3.04. The van der Waals surface area contributed by atoms with Crippen molar-refractivity contribution in [3.8, 4) is 11.4 Å². The molecule has 3 rings (SSSR count). The zero-order valence-corrected chi connectivity index (χ0v) is 18.7. The zero-order chi connectivity index (χ0) is 22.4. The second kappa shape index (κ2) is 10.1. The highest BCUT2D eigenvalue weighted by atomic mass is 32.2. The molecule has 1 heterocycles. The second-order valence-corrected chi connectivity index (χ2v) is 8.03. The first-order chi connectivity index (χ1) is 14.9. The number of hydrogen-bond acceptors (Lipinski definition) is 6. The van der Waals surface area contributed by atoms with Crippen molar-refractivity contribution in [1.29, 1.82) is 0 Å². The van der Waals surface area contributed by atoms with Gasteiger partial charge in [-0.05, 0) is 50.1 Å². The summed E-state index contributed by atoms with van der Waals surface area (Å²) < 4.78 is 7.10. The van der Waals surface area contributed by atoms with Crippen molar-refractivity contribution in [2.24, 2.45) is 0 Å². The highest BCUT2D eigenvalue weighted by Gasteiger charge is 2.13. The van der Waals surface area contributed by atoms with E-state index in [1.54, 1.807) is 12.4 Å². The van der Waals surface area contributed by atoms with Crippen LogP contribution in [0.2, 0.25) is 0 Å². The van der Waals surface area contributed by atoms with Crippen LogP contribution in [0.15, 0.2) is 47.9 Å². The van der Waals surface area contributed by atoms with Gasteiger partial charge in [-0.25, -0.2) is 0 Å². The van der Waals surface area contributed by atoms with Crippen LogP contribution in [0, 0.1) is 20.8 Å². The third-order valence-corrected chi connectivity index (χ3v) is 5.48. The molecule has 0 aliphatic rings. The lowest BCUT2D eigenvalue weighted by molar-refractivity contribution is -0.122. The van der Waals surface area contributed by atoms with Gasteiger partial charge in [-0.3, -0.25) is 14.2 Å². The number of methoxy groups -OCH3 is 1. The van der Waals surface area contributed by atoms with Crippen LogP contribution in [0.4, 0.5) is 5.69 Å². The molecule has 2 aromatic carbocycles. The van der Waals surface area contributed by atoms with E-state index >= 15 is 0 Å². The fraction of sp³-hybridized carbons (Fsp3) is 0.273. The molecule has 0 atom stereocenters. The van der Waals surface area contributed by atoms with Gasteiger partial charge in [0, 0.05) is 0 Å². The summed E-state index contributed by atoms with van der Waals surface area (Å²) in [7, 11) is 1.54. The zero-order valence-electron chi connectivity index (χ0n) is 17.9. The van der Waals surface area contributed by atoms with Crippen LogP contribution < -0.4 is 15.4 Å². The van der Waals surface area contributed by atoms with Crippen molar-refractivity contribution in [3.05, 3.63) is 59.4 Å². The second-order valence-electron chi connectivity index (χ2n) is 7.09. The number of hydrogen-bond donors (Lipinski definition) is 2. The van der Waals surface area contributed by atoms with Gasteiger partial charge in [0.15, 0.2) is 5.16 Å². The lowest BCUT2D eigenvalue weighted by Crippen LogP contribution is -2.34. The molecule has 0 aliphatic carbocycles. The first-order valence-electron chi connectivity index (χ1n) is 9.69. The maximum absolute atomic E-state index is 12.2. The van der Waals surface area contributed by atoms with Gasteiger partial charge in [-0.1, -0.05) is 35.5 Å². The van der Waals surface area contributed by atoms with Gasteiger partial charge in [0.1, 0.15) is 12.1 Å². The lowest BCUT2D eigenvalue weighted by atomic mass is 10.1. The number of ether oxygens (including phenoxy) is 1. The molecule has 162 valence electrons. The van der Waals surface area contributed by atoms with E-state index in [2.05, 4.69) is 26.9 Å². The minimum atomic E-state index is -0.333. The largest absolute Gasteiger partial charge is 0.495 e. The van der Waals surface area contributed by atoms with E-state index in [0.29, 0.717) is 16.6 Å². The van der Waals surface area contributed by atoms with E-state index in [4.69, 9.17) is 4.74 Å². The standard InChI is InChI=1S/C22H25N5O3S/c1-14-5-7-18(16(3)9-14)27-13-24-26-22(27)31-12-21(29)23-11-20(28)25-17-10-15(2)6-8-19(17)30-4/h5-10,13H,11-12H2,1-4H3,(H,23,29)(H,25,28). The summed E-state index contributed by atoms with van der Waals surface area (Å²) in [6.07, 6.45) is 1.63. The third kappa shape index (κ3) is 5.85. The number of aromatic nitrogens is 3. The summed E-state index contributed by atoms with van der Waals surface area (Å²) in [4.78, 5) is 24.5. The third-order valence-electron chi connectivity index (χ3n) is 4.54. The number of nitrogens with zero attached hydrogens (tertiary/aromatic N) is 3. The molecule has 1 aromatic heterocycles. The van der Waals surface area contributed by atoms with Gasteiger partial charge < -0.3 is 15.4 Å². The van der Waals surface area contributed by atoms with Crippen LogP contribution >= 0.6 is 11.8 Å². The van der Waals surface area contributed by atoms with Crippen LogP contribution in [0.25, 0.3) is 5.69 Å². The maximum Gasteiger partial charge on any atom is 0.243 e. The van der Waals surface area contributed by atoms with Crippen molar-refractivity contribution in [2.75, 3.05) is 24.7 Å². The number of thioether (sulfide) groups is 1. The van der Waals surface area contributed by atoms with Crippen LogP contribution in [0.3, 0.4) is 0 Å². The number of carbonyl (C=O) groups excluding carboxylic acids is 2. The summed E-state index contributed by atoms with van der Waals surface area (Å²) in [6, 6.07) is 11.6. The molecule has 0 unspecified atom stereocenters. The Balaban J connectivity index is 1.53. The molecular formula is C22H25N5O3S. The highest BCUT2D eigenvalue weighted by Crippen LogP contribution is 2.25. The molecule has 3 aromatic rings. The van der Waals surface area contributed by atoms with Gasteiger partial charge >= 0.3 is 0 Å². The Morgan fingerprint density at radius 1 is 1.06 bits per heavy atom. The van der Waals surface area contributed by atoms with Crippen molar-refractivity contribution >= 4 is 29.3 Å². The van der Waals surface area contributed by atoms with E-state index < -0.39 is 0 Å². The Hall–Kier alpha value is -3.33.